The van der Waals surface area contributed by atoms with Gasteiger partial charge in [-0.15, -0.1) is 0 Å². The smallest absolute Gasteiger partial charge is 0.272 e. The number of hydrogen-bond donors (Lipinski definition) is 1. The maximum Gasteiger partial charge on any atom is 0.272 e. The molecule has 0 spiro atoms. The third-order valence-electron chi connectivity index (χ3n) is 3.42. The van der Waals surface area contributed by atoms with Gasteiger partial charge in [-0.1, -0.05) is 25.5 Å². The van der Waals surface area contributed by atoms with Crippen molar-refractivity contribution in [2.24, 2.45) is 0 Å². The van der Waals surface area contributed by atoms with Gasteiger partial charge in [-0.3, -0.25) is 10.1 Å². The molecule has 0 aromatic heterocycles. The molecule has 18 heavy (non-hydrogen) atoms. The molecule has 0 saturated heterocycles. The molecular formula is C14H22N2O2. The van der Waals surface area contributed by atoms with Crippen LogP contribution in [0, 0.1) is 17.0 Å². The Morgan fingerprint density at radius 1 is 1.39 bits per heavy atom. The summed E-state index contributed by atoms with van der Waals surface area (Å²) < 4.78 is 0. The van der Waals surface area contributed by atoms with Crippen molar-refractivity contribution in [1.82, 2.24) is 5.32 Å². The van der Waals surface area contributed by atoms with E-state index < -0.39 is 0 Å². The Labute approximate surface area is 109 Å². The van der Waals surface area contributed by atoms with Gasteiger partial charge in [0.25, 0.3) is 5.69 Å². The molecule has 0 aliphatic heterocycles. The quantitative estimate of drug-likeness (QED) is 0.597. The molecule has 0 bridgehead atoms. The van der Waals surface area contributed by atoms with Gasteiger partial charge in [-0.25, -0.2) is 0 Å². The highest BCUT2D eigenvalue weighted by Gasteiger charge is 2.14. The highest BCUT2D eigenvalue weighted by atomic mass is 16.6. The van der Waals surface area contributed by atoms with E-state index in [2.05, 4.69) is 12.2 Å². The second-order valence-corrected chi connectivity index (χ2v) is 4.63. The highest BCUT2D eigenvalue weighted by Crippen LogP contribution is 2.22. The van der Waals surface area contributed by atoms with Crippen LogP contribution in [-0.2, 0) is 6.42 Å². The molecule has 0 saturated carbocycles. The zero-order chi connectivity index (χ0) is 13.5. The van der Waals surface area contributed by atoms with E-state index in [0.717, 1.165) is 36.8 Å². The molecule has 0 fully saturated rings. The van der Waals surface area contributed by atoms with Crippen LogP contribution in [0.4, 0.5) is 5.69 Å². The van der Waals surface area contributed by atoms with E-state index in [4.69, 9.17) is 0 Å². The predicted molar refractivity (Wildman–Crippen MR) is 73.9 cm³/mol. The van der Waals surface area contributed by atoms with E-state index in [9.17, 15) is 10.1 Å². The summed E-state index contributed by atoms with van der Waals surface area (Å²) in [6.45, 7) is 4.00. The van der Waals surface area contributed by atoms with Crippen LogP contribution in [-0.4, -0.2) is 18.0 Å². The van der Waals surface area contributed by atoms with Crippen LogP contribution in [0.2, 0.25) is 0 Å². The molecule has 1 N–H and O–H groups in total. The maximum absolute atomic E-state index is 10.9. The summed E-state index contributed by atoms with van der Waals surface area (Å²) in [5.41, 5.74) is 2.11. The average Bonchev–Trinajstić information content (AvgIpc) is 2.35. The van der Waals surface area contributed by atoms with E-state index in [1.54, 1.807) is 12.1 Å². The zero-order valence-electron chi connectivity index (χ0n) is 11.4. The SMILES string of the molecule is CCCC(CCc1cccc([N+](=O)[O-])c1C)NC. The minimum atomic E-state index is -0.305. The normalized spacial score (nSPS) is 12.4. The van der Waals surface area contributed by atoms with Crippen LogP contribution in [0.25, 0.3) is 0 Å². The zero-order valence-corrected chi connectivity index (χ0v) is 11.4. The van der Waals surface area contributed by atoms with Crippen LogP contribution >= 0.6 is 0 Å². The van der Waals surface area contributed by atoms with Gasteiger partial charge in [0.1, 0.15) is 0 Å². The molecular weight excluding hydrogens is 228 g/mol. The lowest BCUT2D eigenvalue weighted by atomic mass is 9.98. The fraction of sp³-hybridized carbons (Fsp3) is 0.571. The van der Waals surface area contributed by atoms with E-state index >= 15 is 0 Å². The van der Waals surface area contributed by atoms with Crippen molar-refractivity contribution in [3.05, 3.63) is 39.4 Å². The molecule has 0 amide bonds. The fourth-order valence-corrected chi connectivity index (χ4v) is 2.25. The lowest BCUT2D eigenvalue weighted by Crippen LogP contribution is -2.25. The van der Waals surface area contributed by atoms with Gasteiger partial charge in [-0.05, 0) is 38.8 Å². The van der Waals surface area contributed by atoms with E-state index in [1.165, 1.54) is 0 Å². The second kappa shape index (κ2) is 7.11. The monoisotopic (exact) mass is 250 g/mol. The molecule has 1 atom stereocenters. The molecule has 1 aromatic carbocycles. The first kappa shape index (κ1) is 14.6. The molecule has 4 nitrogen and oxygen atoms in total. The Bertz CT molecular complexity index is 405. The Balaban J connectivity index is 2.73. The van der Waals surface area contributed by atoms with Gasteiger partial charge < -0.3 is 5.32 Å². The molecule has 1 rings (SSSR count). The third kappa shape index (κ3) is 3.81. The molecule has 1 aromatic rings. The fourth-order valence-electron chi connectivity index (χ4n) is 2.25. The van der Waals surface area contributed by atoms with Crippen molar-refractivity contribution in [3.8, 4) is 0 Å². The summed E-state index contributed by atoms with van der Waals surface area (Å²) >= 11 is 0. The van der Waals surface area contributed by atoms with Crippen molar-refractivity contribution >= 4 is 5.69 Å². The van der Waals surface area contributed by atoms with E-state index in [-0.39, 0.29) is 10.6 Å². The first-order valence-corrected chi connectivity index (χ1v) is 6.50. The van der Waals surface area contributed by atoms with E-state index in [1.807, 2.05) is 20.0 Å². The van der Waals surface area contributed by atoms with Gasteiger partial charge in [-0.2, -0.15) is 0 Å². The summed E-state index contributed by atoms with van der Waals surface area (Å²) in [6, 6.07) is 5.82. The maximum atomic E-state index is 10.9. The van der Waals surface area contributed by atoms with Gasteiger partial charge >= 0.3 is 0 Å². The second-order valence-electron chi connectivity index (χ2n) is 4.63. The van der Waals surface area contributed by atoms with Gasteiger partial charge in [0.2, 0.25) is 0 Å². The van der Waals surface area contributed by atoms with Crippen molar-refractivity contribution in [3.63, 3.8) is 0 Å². The number of nitro groups is 1. The van der Waals surface area contributed by atoms with Crippen LogP contribution in [0.1, 0.15) is 37.3 Å². The Morgan fingerprint density at radius 2 is 2.11 bits per heavy atom. The van der Waals surface area contributed by atoms with Gasteiger partial charge in [0, 0.05) is 17.7 Å². The number of nitro benzene ring substituents is 1. The average molecular weight is 250 g/mol. The largest absolute Gasteiger partial charge is 0.317 e. The third-order valence-corrected chi connectivity index (χ3v) is 3.42. The van der Waals surface area contributed by atoms with E-state index in [0.29, 0.717) is 6.04 Å². The van der Waals surface area contributed by atoms with Crippen molar-refractivity contribution in [1.29, 1.82) is 0 Å². The number of nitrogens with one attached hydrogen (secondary N) is 1. The molecule has 4 heteroatoms. The minimum absolute atomic E-state index is 0.226. The van der Waals surface area contributed by atoms with Gasteiger partial charge in [0.05, 0.1) is 4.92 Å². The minimum Gasteiger partial charge on any atom is -0.317 e. The van der Waals surface area contributed by atoms with Crippen molar-refractivity contribution in [2.75, 3.05) is 7.05 Å². The lowest BCUT2D eigenvalue weighted by molar-refractivity contribution is -0.385. The van der Waals surface area contributed by atoms with Crippen LogP contribution in [0.15, 0.2) is 18.2 Å². The number of rotatable bonds is 7. The first-order valence-electron chi connectivity index (χ1n) is 6.50. The topological polar surface area (TPSA) is 55.2 Å². The van der Waals surface area contributed by atoms with Crippen LogP contribution in [0.5, 0.6) is 0 Å². The summed E-state index contributed by atoms with van der Waals surface area (Å²) in [6.07, 6.45) is 4.20. The number of benzene rings is 1. The molecule has 100 valence electrons. The molecule has 0 radical (unpaired) electrons. The molecule has 0 aliphatic carbocycles. The number of aryl methyl sites for hydroxylation is 1. The van der Waals surface area contributed by atoms with Crippen LogP contribution in [0.3, 0.4) is 0 Å². The summed E-state index contributed by atoms with van der Waals surface area (Å²) in [5.74, 6) is 0. The molecule has 0 heterocycles. The lowest BCUT2D eigenvalue weighted by Gasteiger charge is -2.15. The molecule has 0 aliphatic rings. The Hall–Kier alpha value is -1.42. The Kier molecular flexibility index (Phi) is 5.78. The Morgan fingerprint density at radius 3 is 2.67 bits per heavy atom. The van der Waals surface area contributed by atoms with Crippen molar-refractivity contribution in [2.45, 2.75) is 45.6 Å². The predicted octanol–water partition coefficient (Wildman–Crippen LogP) is 3.22. The summed E-state index contributed by atoms with van der Waals surface area (Å²) in [4.78, 5) is 10.6. The number of nitrogens with zero attached hydrogens (tertiary/aromatic N) is 1. The first-order chi connectivity index (χ1) is 8.60. The molecule has 1 unspecified atom stereocenters. The van der Waals surface area contributed by atoms with Crippen LogP contribution < -0.4 is 5.32 Å². The van der Waals surface area contributed by atoms with Crippen molar-refractivity contribution < 1.29 is 4.92 Å². The van der Waals surface area contributed by atoms with Gasteiger partial charge in [0.15, 0.2) is 0 Å². The standard InChI is InChI=1S/C14H22N2O2/c1-4-6-13(15-3)10-9-12-7-5-8-14(11(12)2)16(17)18/h5,7-8,13,15H,4,6,9-10H2,1-3H3. The number of hydrogen-bond acceptors (Lipinski definition) is 3. The summed E-state index contributed by atoms with van der Waals surface area (Å²) in [7, 11) is 1.97. The summed E-state index contributed by atoms with van der Waals surface area (Å²) in [5, 5.41) is 14.2. The highest BCUT2D eigenvalue weighted by molar-refractivity contribution is 5.44.